The van der Waals surface area contributed by atoms with E-state index in [0.717, 1.165) is 4.57 Å². The summed E-state index contributed by atoms with van der Waals surface area (Å²) in [5.74, 6) is 0.309. The van der Waals surface area contributed by atoms with E-state index in [2.05, 4.69) is 15.0 Å². The van der Waals surface area contributed by atoms with Gasteiger partial charge in [-0.15, -0.1) is 0 Å². The second-order valence-electron chi connectivity index (χ2n) is 4.93. The lowest BCUT2D eigenvalue weighted by molar-refractivity contribution is -0.0340. The van der Waals surface area contributed by atoms with Gasteiger partial charge < -0.3 is 25.7 Å². The topological polar surface area (TPSA) is 159 Å². The van der Waals surface area contributed by atoms with Gasteiger partial charge in [0.15, 0.2) is 17.4 Å². The molecule has 0 aromatic carbocycles. The average molecular weight is 297 g/mol. The van der Waals surface area contributed by atoms with Crippen LogP contribution in [0.5, 0.6) is 0 Å². The van der Waals surface area contributed by atoms with Gasteiger partial charge in [0.05, 0.1) is 0 Å². The van der Waals surface area contributed by atoms with Crippen molar-refractivity contribution < 1.29 is 14.9 Å². The van der Waals surface area contributed by atoms with E-state index >= 15 is 0 Å². The molecular formula is C11H15N5O5. The highest BCUT2D eigenvalue weighted by molar-refractivity contribution is 5.69. The third-order valence-corrected chi connectivity index (χ3v) is 3.52. The molecule has 1 aliphatic rings. The lowest BCUT2D eigenvalue weighted by atomic mass is 10.1. The monoisotopic (exact) mass is 297 g/mol. The lowest BCUT2D eigenvalue weighted by Gasteiger charge is -2.15. The van der Waals surface area contributed by atoms with Gasteiger partial charge in [-0.25, -0.2) is 14.3 Å². The van der Waals surface area contributed by atoms with E-state index < -0.39 is 35.8 Å². The van der Waals surface area contributed by atoms with Crippen molar-refractivity contribution in [2.24, 2.45) is 5.73 Å². The number of nitrogens with two attached hydrogens (primary N) is 1. The number of H-pyrrole nitrogens is 2. The van der Waals surface area contributed by atoms with Crippen molar-refractivity contribution in [3.05, 3.63) is 26.7 Å². The normalized spacial score (nSPS) is 29.3. The molecule has 3 heterocycles. The van der Waals surface area contributed by atoms with Crippen LogP contribution in [0.15, 0.2) is 9.59 Å². The molecule has 0 aliphatic carbocycles. The van der Waals surface area contributed by atoms with Crippen LogP contribution in [-0.2, 0) is 4.74 Å². The van der Waals surface area contributed by atoms with Gasteiger partial charge in [0, 0.05) is 6.54 Å². The number of hydrogen-bond acceptors (Lipinski definition) is 7. The minimum absolute atomic E-state index is 0.0150. The van der Waals surface area contributed by atoms with Gasteiger partial charge in [-0.05, 0) is 6.92 Å². The maximum atomic E-state index is 12.0. The van der Waals surface area contributed by atoms with E-state index in [0.29, 0.717) is 5.82 Å². The van der Waals surface area contributed by atoms with Crippen LogP contribution in [-0.4, -0.2) is 54.6 Å². The minimum Gasteiger partial charge on any atom is -0.387 e. The van der Waals surface area contributed by atoms with Crippen molar-refractivity contribution in [1.82, 2.24) is 19.5 Å². The highest BCUT2D eigenvalue weighted by atomic mass is 16.6. The molecule has 0 amide bonds. The summed E-state index contributed by atoms with van der Waals surface area (Å²) < 4.78 is 6.43. The number of nitrogens with zero attached hydrogens (tertiary/aromatic N) is 2. The lowest BCUT2D eigenvalue weighted by Crippen LogP contribution is -2.36. The molecule has 1 aliphatic heterocycles. The number of aromatic amines is 2. The standard InChI is InChI=1S/C11H15N5O5/c1-3-13-8-5(9(19)14-3)15-11(20)16(8)10-7(18)6(17)4(2-12)21-10/h4,6-7,10,17-18H,2,12H2,1H3,(H,15,20)(H,13,14,19)/t4-,6-,7-,10-/m1/s1. The molecule has 21 heavy (non-hydrogen) atoms. The van der Waals surface area contributed by atoms with E-state index in [1.165, 1.54) is 0 Å². The van der Waals surface area contributed by atoms with Crippen LogP contribution in [0.4, 0.5) is 0 Å². The van der Waals surface area contributed by atoms with E-state index in [4.69, 9.17) is 10.5 Å². The quantitative estimate of drug-likeness (QED) is 0.403. The van der Waals surface area contributed by atoms with Crippen LogP contribution in [0.3, 0.4) is 0 Å². The number of fused-ring (bicyclic) bond motifs is 1. The maximum Gasteiger partial charge on any atom is 0.330 e. The summed E-state index contributed by atoms with van der Waals surface area (Å²) >= 11 is 0. The number of aryl methyl sites for hydroxylation is 1. The predicted molar refractivity (Wildman–Crippen MR) is 70.7 cm³/mol. The van der Waals surface area contributed by atoms with Crippen molar-refractivity contribution >= 4 is 11.2 Å². The summed E-state index contributed by atoms with van der Waals surface area (Å²) in [6.07, 6.45) is -4.54. The summed E-state index contributed by atoms with van der Waals surface area (Å²) in [5, 5.41) is 19.9. The van der Waals surface area contributed by atoms with E-state index in [-0.39, 0.29) is 17.7 Å². The predicted octanol–water partition coefficient (Wildman–Crippen LogP) is -2.70. The molecule has 1 saturated heterocycles. The summed E-state index contributed by atoms with van der Waals surface area (Å²) in [6.45, 7) is 1.55. The van der Waals surface area contributed by atoms with Crippen LogP contribution in [0.25, 0.3) is 11.2 Å². The fraction of sp³-hybridized carbons (Fsp3) is 0.545. The number of nitrogens with one attached hydrogen (secondary N) is 2. The Morgan fingerprint density at radius 3 is 2.67 bits per heavy atom. The highest BCUT2D eigenvalue weighted by Gasteiger charge is 2.44. The Bertz CT molecular complexity index is 792. The molecule has 2 aromatic rings. The first-order valence-corrected chi connectivity index (χ1v) is 6.37. The van der Waals surface area contributed by atoms with Crippen LogP contribution in [0.1, 0.15) is 12.1 Å². The second kappa shape index (κ2) is 4.77. The maximum absolute atomic E-state index is 12.0. The first-order valence-electron chi connectivity index (χ1n) is 6.37. The molecule has 0 unspecified atom stereocenters. The molecule has 0 saturated carbocycles. The Hall–Kier alpha value is -2.01. The molecule has 0 spiro atoms. The van der Waals surface area contributed by atoms with Gasteiger partial charge >= 0.3 is 5.69 Å². The zero-order valence-corrected chi connectivity index (χ0v) is 11.1. The van der Waals surface area contributed by atoms with Crippen molar-refractivity contribution in [1.29, 1.82) is 0 Å². The molecule has 3 rings (SSSR count). The van der Waals surface area contributed by atoms with E-state index in [9.17, 15) is 19.8 Å². The highest BCUT2D eigenvalue weighted by Crippen LogP contribution is 2.29. The molecule has 10 nitrogen and oxygen atoms in total. The Morgan fingerprint density at radius 2 is 2.05 bits per heavy atom. The number of aliphatic hydroxyl groups is 2. The second-order valence-corrected chi connectivity index (χ2v) is 4.93. The first-order chi connectivity index (χ1) is 9.93. The molecule has 0 radical (unpaired) electrons. The van der Waals surface area contributed by atoms with Crippen LogP contribution >= 0.6 is 0 Å². The van der Waals surface area contributed by atoms with Crippen LogP contribution in [0, 0.1) is 6.92 Å². The van der Waals surface area contributed by atoms with Gasteiger partial charge in [0.25, 0.3) is 5.56 Å². The van der Waals surface area contributed by atoms with Crippen molar-refractivity contribution in [3.8, 4) is 0 Å². The average Bonchev–Trinajstić information content (AvgIpc) is 2.89. The van der Waals surface area contributed by atoms with Gasteiger partial charge in [0.2, 0.25) is 0 Å². The summed E-state index contributed by atoms with van der Waals surface area (Å²) in [7, 11) is 0. The summed E-state index contributed by atoms with van der Waals surface area (Å²) in [4.78, 5) is 32.8. The fourth-order valence-electron chi connectivity index (χ4n) is 2.49. The van der Waals surface area contributed by atoms with Crippen molar-refractivity contribution in [2.75, 3.05) is 6.54 Å². The summed E-state index contributed by atoms with van der Waals surface area (Å²) in [6, 6.07) is 0. The fourth-order valence-corrected chi connectivity index (χ4v) is 2.49. The van der Waals surface area contributed by atoms with Crippen molar-refractivity contribution in [2.45, 2.75) is 31.5 Å². The van der Waals surface area contributed by atoms with Crippen LogP contribution in [0.2, 0.25) is 0 Å². The molecule has 10 heteroatoms. The van der Waals surface area contributed by atoms with Gasteiger partial charge in [0.1, 0.15) is 24.1 Å². The zero-order valence-electron chi connectivity index (χ0n) is 11.1. The van der Waals surface area contributed by atoms with Crippen LogP contribution < -0.4 is 17.0 Å². The Labute approximate surface area is 117 Å². The van der Waals surface area contributed by atoms with Gasteiger partial charge in [-0.3, -0.25) is 9.78 Å². The molecule has 6 N–H and O–H groups in total. The number of ether oxygens (including phenoxy) is 1. The third kappa shape index (κ3) is 2.00. The molecular weight excluding hydrogens is 282 g/mol. The van der Waals surface area contributed by atoms with Gasteiger partial charge in [-0.2, -0.15) is 0 Å². The Morgan fingerprint density at radius 1 is 1.33 bits per heavy atom. The largest absolute Gasteiger partial charge is 0.387 e. The number of imidazole rings is 1. The molecule has 2 aromatic heterocycles. The zero-order chi connectivity index (χ0) is 15.3. The number of aliphatic hydroxyl groups excluding tert-OH is 2. The minimum atomic E-state index is -1.35. The summed E-state index contributed by atoms with van der Waals surface area (Å²) in [5.41, 5.74) is 4.30. The third-order valence-electron chi connectivity index (χ3n) is 3.52. The van der Waals surface area contributed by atoms with Crippen molar-refractivity contribution in [3.63, 3.8) is 0 Å². The number of aromatic nitrogens is 4. The van der Waals surface area contributed by atoms with Gasteiger partial charge in [-0.1, -0.05) is 0 Å². The molecule has 0 bridgehead atoms. The molecule has 4 atom stereocenters. The number of hydrogen-bond donors (Lipinski definition) is 5. The number of rotatable bonds is 2. The van der Waals surface area contributed by atoms with E-state index in [1.807, 2.05) is 0 Å². The van der Waals surface area contributed by atoms with E-state index in [1.54, 1.807) is 6.92 Å². The smallest absolute Gasteiger partial charge is 0.330 e. The molecule has 1 fully saturated rings. The first kappa shape index (κ1) is 13.9. The Kier molecular flexibility index (Phi) is 3.17. The molecule has 114 valence electrons. The SMILES string of the molecule is Cc1nc2c([nH]c(=O)n2[C@@H]2O[C@H](CN)[C@@H](O)[C@H]2O)c(=O)[nH]1. The Balaban J connectivity index is 2.20.